The highest BCUT2D eigenvalue weighted by molar-refractivity contribution is 5.89. The van der Waals surface area contributed by atoms with Gasteiger partial charge in [0.25, 0.3) is 0 Å². The predicted octanol–water partition coefficient (Wildman–Crippen LogP) is 5.37. The topological polar surface area (TPSA) is 55.9 Å². The number of nitrogens with one attached hydrogen (secondary N) is 1. The fraction of sp³-hybridized carbons (Fsp3) is 0.375. The minimum atomic E-state index is -0.679. The van der Waals surface area contributed by atoms with Gasteiger partial charge in [-0.3, -0.25) is 4.79 Å². The quantitative estimate of drug-likeness (QED) is 0.468. The van der Waals surface area contributed by atoms with E-state index in [1.807, 2.05) is 58.3 Å². The number of rotatable bonds is 6. The van der Waals surface area contributed by atoms with E-state index in [2.05, 4.69) is 29.3 Å². The number of carbonyl (C=O) groups excluding carboxylic acids is 2. The van der Waals surface area contributed by atoms with Crippen LogP contribution in [0.15, 0.2) is 84.9 Å². The van der Waals surface area contributed by atoms with Crippen LogP contribution in [0.3, 0.4) is 0 Å². The summed E-state index contributed by atoms with van der Waals surface area (Å²) in [6, 6.07) is 26.6. The third-order valence-electron chi connectivity index (χ3n) is 8.31. The van der Waals surface area contributed by atoms with E-state index in [-0.39, 0.29) is 23.8 Å². The lowest BCUT2D eigenvalue weighted by Crippen LogP contribution is -2.57. The molecule has 2 aliphatic heterocycles. The first-order valence-electron chi connectivity index (χ1n) is 14.0. The Bertz CT molecular complexity index is 1240. The van der Waals surface area contributed by atoms with E-state index in [1.165, 1.54) is 12.1 Å². The summed E-state index contributed by atoms with van der Waals surface area (Å²) in [6.07, 6.45) is 1.96. The molecule has 1 unspecified atom stereocenters. The molecule has 7 heteroatoms. The standard InChI is InChI=1S/C32H37FN4O2/c1-2-29(25-9-5-3-6-10-25)34-30(38)32(26-11-7-4-8-12-26)17-19-36(20-18-32)31(39)37-23-21-35(22-24-37)28-15-13-27(33)14-16-28/h3-16,29H,2,17-24H2,1H3,(H,34,38). The zero-order valence-electron chi connectivity index (χ0n) is 22.6. The molecule has 204 valence electrons. The second kappa shape index (κ2) is 11.9. The van der Waals surface area contributed by atoms with Gasteiger partial charge in [-0.2, -0.15) is 0 Å². The Morgan fingerprint density at radius 1 is 0.795 bits per heavy atom. The van der Waals surface area contributed by atoms with Gasteiger partial charge in [-0.1, -0.05) is 67.6 Å². The molecule has 0 aliphatic carbocycles. The van der Waals surface area contributed by atoms with Gasteiger partial charge in [-0.15, -0.1) is 0 Å². The number of nitrogens with zero attached hydrogens (tertiary/aromatic N) is 3. The van der Waals surface area contributed by atoms with Gasteiger partial charge in [0.05, 0.1) is 11.5 Å². The molecule has 3 amide bonds. The van der Waals surface area contributed by atoms with Gasteiger partial charge in [-0.05, 0) is 54.7 Å². The second-order valence-electron chi connectivity index (χ2n) is 10.5. The summed E-state index contributed by atoms with van der Waals surface area (Å²) in [5.41, 5.74) is 2.40. The predicted molar refractivity (Wildman–Crippen MR) is 152 cm³/mol. The lowest BCUT2D eigenvalue weighted by molar-refractivity contribution is -0.129. The Hall–Kier alpha value is -3.87. The Labute approximate surface area is 230 Å². The van der Waals surface area contributed by atoms with Crippen molar-refractivity contribution in [1.82, 2.24) is 15.1 Å². The van der Waals surface area contributed by atoms with E-state index in [0.29, 0.717) is 52.1 Å². The summed E-state index contributed by atoms with van der Waals surface area (Å²) < 4.78 is 13.3. The van der Waals surface area contributed by atoms with E-state index in [9.17, 15) is 14.0 Å². The third-order valence-corrected chi connectivity index (χ3v) is 8.31. The Morgan fingerprint density at radius 3 is 1.95 bits per heavy atom. The number of halogens is 1. The van der Waals surface area contributed by atoms with Crippen LogP contribution in [-0.2, 0) is 10.2 Å². The first-order chi connectivity index (χ1) is 19.0. The smallest absolute Gasteiger partial charge is 0.320 e. The molecule has 2 heterocycles. The van der Waals surface area contributed by atoms with Crippen molar-refractivity contribution in [3.8, 4) is 0 Å². The summed E-state index contributed by atoms with van der Waals surface area (Å²) in [4.78, 5) is 33.4. The van der Waals surface area contributed by atoms with Crippen LogP contribution in [0.1, 0.15) is 43.4 Å². The summed E-state index contributed by atoms with van der Waals surface area (Å²) in [5, 5.41) is 3.34. The highest BCUT2D eigenvalue weighted by Crippen LogP contribution is 2.37. The number of piperidine rings is 1. The van der Waals surface area contributed by atoms with Gasteiger partial charge in [0, 0.05) is 45.0 Å². The van der Waals surface area contributed by atoms with Crippen molar-refractivity contribution in [3.05, 3.63) is 102 Å². The largest absolute Gasteiger partial charge is 0.368 e. The molecule has 0 spiro atoms. The average molecular weight is 529 g/mol. The Balaban J connectivity index is 1.25. The highest BCUT2D eigenvalue weighted by Gasteiger charge is 2.44. The van der Waals surface area contributed by atoms with Crippen molar-refractivity contribution in [3.63, 3.8) is 0 Å². The summed E-state index contributed by atoms with van der Waals surface area (Å²) in [6.45, 7) is 5.80. The van der Waals surface area contributed by atoms with Gasteiger partial charge in [0.1, 0.15) is 5.82 Å². The third kappa shape index (κ3) is 5.77. The molecule has 39 heavy (non-hydrogen) atoms. The van der Waals surface area contributed by atoms with Crippen LogP contribution < -0.4 is 10.2 Å². The number of piperazine rings is 1. The number of anilines is 1. The summed E-state index contributed by atoms with van der Waals surface area (Å²) in [5.74, 6) is -0.215. The fourth-order valence-electron chi connectivity index (χ4n) is 5.89. The van der Waals surface area contributed by atoms with Crippen LogP contribution >= 0.6 is 0 Å². The molecule has 3 aromatic rings. The van der Waals surface area contributed by atoms with Crippen molar-refractivity contribution in [1.29, 1.82) is 0 Å². The molecule has 5 rings (SSSR count). The minimum Gasteiger partial charge on any atom is -0.368 e. The van der Waals surface area contributed by atoms with E-state index in [4.69, 9.17) is 0 Å². The average Bonchev–Trinajstić information content (AvgIpc) is 3.01. The summed E-state index contributed by atoms with van der Waals surface area (Å²) >= 11 is 0. The maximum Gasteiger partial charge on any atom is 0.320 e. The molecule has 6 nitrogen and oxygen atoms in total. The molecule has 2 saturated heterocycles. The first-order valence-corrected chi connectivity index (χ1v) is 14.0. The van der Waals surface area contributed by atoms with Gasteiger partial charge in [0.2, 0.25) is 5.91 Å². The molecule has 0 radical (unpaired) electrons. The number of likely N-dealkylation sites (tertiary alicyclic amines) is 1. The van der Waals surface area contributed by atoms with Crippen LogP contribution in [0, 0.1) is 5.82 Å². The van der Waals surface area contributed by atoms with Crippen molar-refractivity contribution in [2.45, 2.75) is 37.6 Å². The molecular formula is C32H37FN4O2. The van der Waals surface area contributed by atoms with Crippen molar-refractivity contribution < 1.29 is 14.0 Å². The maximum absolute atomic E-state index is 14.0. The zero-order chi connectivity index (χ0) is 27.2. The maximum atomic E-state index is 14.0. The van der Waals surface area contributed by atoms with Gasteiger partial charge >= 0.3 is 6.03 Å². The Morgan fingerprint density at radius 2 is 1.36 bits per heavy atom. The number of urea groups is 1. The number of benzene rings is 3. The van der Waals surface area contributed by atoms with Crippen LogP contribution in [0.5, 0.6) is 0 Å². The molecule has 2 aliphatic rings. The molecular weight excluding hydrogens is 491 g/mol. The summed E-state index contributed by atoms with van der Waals surface area (Å²) in [7, 11) is 0. The number of amides is 3. The second-order valence-corrected chi connectivity index (χ2v) is 10.5. The minimum absolute atomic E-state index is 0.0319. The van der Waals surface area contributed by atoms with Crippen LogP contribution in [0.25, 0.3) is 0 Å². The monoisotopic (exact) mass is 528 g/mol. The molecule has 2 fully saturated rings. The van der Waals surface area contributed by atoms with E-state index in [1.54, 1.807) is 12.1 Å². The molecule has 0 saturated carbocycles. The Kier molecular flexibility index (Phi) is 8.15. The molecule has 1 atom stereocenters. The van der Waals surface area contributed by atoms with E-state index >= 15 is 0 Å². The van der Waals surface area contributed by atoms with Gasteiger partial charge in [0.15, 0.2) is 0 Å². The number of hydrogen-bond donors (Lipinski definition) is 1. The van der Waals surface area contributed by atoms with Crippen molar-refractivity contribution in [2.24, 2.45) is 0 Å². The number of carbonyl (C=O) groups is 2. The first kappa shape index (κ1) is 26.7. The van der Waals surface area contributed by atoms with E-state index < -0.39 is 5.41 Å². The van der Waals surface area contributed by atoms with Crippen LogP contribution in [0.2, 0.25) is 0 Å². The molecule has 3 aromatic carbocycles. The van der Waals surface area contributed by atoms with Crippen LogP contribution in [0.4, 0.5) is 14.9 Å². The van der Waals surface area contributed by atoms with Gasteiger partial charge in [-0.25, -0.2) is 9.18 Å². The van der Waals surface area contributed by atoms with Gasteiger partial charge < -0.3 is 20.0 Å². The van der Waals surface area contributed by atoms with E-state index in [0.717, 1.165) is 23.2 Å². The normalized spacial score (nSPS) is 17.9. The SMILES string of the molecule is CCC(NC(=O)C1(c2ccccc2)CCN(C(=O)N2CCN(c3ccc(F)cc3)CC2)CC1)c1ccccc1. The molecule has 1 N–H and O–H groups in total. The fourth-order valence-corrected chi connectivity index (χ4v) is 5.89. The van der Waals surface area contributed by atoms with Crippen molar-refractivity contribution in [2.75, 3.05) is 44.2 Å². The molecule has 0 aromatic heterocycles. The van der Waals surface area contributed by atoms with Crippen LogP contribution in [-0.4, -0.2) is 61.0 Å². The molecule has 0 bridgehead atoms. The van der Waals surface area contributed by atoms with Crippen molar-refractivity contribution >= 4 is 17.6 Å². The zero-order valence-corrected chi connectivity index (χ0v) is 22.6. The lowest BCUT2D eigenvalue weighted by Gasteiger charge is -2.44. The lowest BCUT2D eigenvalue weighted by atomic mass is 9.71. The highest BCUT2D eigenvalue weighted by atomic mass is 19.1. The number of hydrogen-bond acceptors (Lipinski definition) is 3.